The zero-order valence-corrected chi connectivity index (χ0v) is 14.8. The van der Waals surface area contributed by atoms with Crippen molar-refractivity contribution in [2.45, 2.75) is 82.9 Å². The van der Waals surface area contributed by atoms with E-state index in [9.17, 15) is 9.90 Å². The fraction of sp³-hybridized carbons (Fsp3) is 0.944. The molecule has 0 spiro atoms. The second-order valence-electron chi connectivity index (χ2n) is 7.63. The summed E-state index contributed by atoms with van der Waals surface area (Å²) in [6, 6.07) is 0.148. The van der Waals surface area contributed by atoms with Crippen LogP contribution in [0.1, 0.15) is 65.2 Å². The Labute approximate surface area is 140 Å². The summed E-state index contributed by atoms with van der Waals surface area (Å²) in [6.07, 6.45) is 8.01. The number of carbonyl (C=O) groups is 1. The van der Waals surface area contributed by atoms with Crippen molar-refractivity contribution in [1.82, 2.24) is 10.6 Å². The highest BCUT2D eigenvalue weighted by Crippen LogP contribution is 2.26. The Morgan fingerprint density at radius 2 is 1.78 bits per heavy atom. The SMILES string of the molecule is CC(C)[C@@H](NC1CCOCC1)C(=O)NCC1(O)CCCCCC1. The van der Waals surface area contributed by atoms with Gasteiger partial charge < -0.3 is 20.5 Å². The van der Waals surface area contributed by atoms with Gasteiger partial charge in [0.25, 0.3) is 0 Å². The van der Waals surface area contributed by atoms with E-state index in [1.54, 1.807) is 0 Å². The van der Waals surface area contributed by atoms with Gasteiger partial charge in [-0.05, 0) is 31.6 Å². The van der Waals surface area contributed by atoms with Crippen molar-refractivity contribution in [3.05, 3.63) is 0 Å². The van der Waals surface area contributed by atoms with E-state index in [4.69, 9.17) is 4.74 Å². The second-order valence-corrected chi connectivity index (χ2v) is 7.63. The lowest BCUT2D eigenvalue weighted by atomic mass is 9.94. The summed E-state index contributed by atoms with van der Waals surface area (Å²) in [5.74, 6) is 0.241. The smallest absolute Gasteiger partial charge is 0.237 e. The van der Waals surface area contributed by atoms with Crippen molar-refractivity contribution < 1.29 is 14.6 Å². The normalized spacial score (nSPS) is 24.2. The van der Waals surface area contributed by atoms with Crippen molar-refractivity contribution >= 4 is 5.91 Å². The van der Waals surface area contributed by atoms with Gasteiger partial charge in [-0.1, -0.05) is 39.5 Å². The van der Waals surface area contributed by atoms with E-state index in [1.165, 1.54) is 12.8 Å². The first-order chi connectivity index (χ1) is 11.0. The van der Waals surface area contributed by atoms with Crippen LogP contribution in [0.4, 0.5) is 0 Å². The van der Waals surface area contributed by atoms with Crippen molar-refractivity contribution in [2.24, 2.45) is 5.92 Å². The molecule has 5 nitrogen and oxygen atoms in total. The van der Waals surface area contributed by atoms with E-state index in [1.807, 2.05) is 0 Å². The first kappa shape index (κ1) is 18.7. The van der Waals surface area contributed by atoms with Gasteiger partial charge in [-0.25, -0.2) is 0 Å². The molecule has 5 heteroatoms. The molecule has 1 heterocycles. The molecule has 0 bridgehead atoms. The Hall–Kier alpha value is -0.650. The molecule has 0 aromatic heterocycles. The Bertz CT molecular complexity index is 359. The van der Waals surface area contributed by atoms with E-state index in [0.717, 1.165) is 51.7 Å². The third-order valence-corrected chi connectivity index (χ3v) is 5.21. The van der Waals surface area contributed by atoms with Gasteiger partial charge >= 0.3 is 0 Å². The van der Waals surface area contributed by atoms with Crippen LogP contribution in [0.25, 0.3) is 0 Å². The molecule has 1 aliphatic carbocycles. The quantitative estimate of drug-likeness (QED) is 0.653. The van der Waals surface area contributed by atoms with Crippen LogP contribution in [0.2, 0.25) is 0 Å². The van der Waals surface area contributed by atoms with Crippen LogP contribution in [0, 0.1) is 5.92 Å². The molecule has 134 valence electrons. The molecule has 0 aromatic rings. The molecule has 3 N–H and O–H groups in total. The minimum atomic E-state index is -0.716. The maximum absolute atomic E-state index is 12.6. The third kappa shape index (κ3) is 6.05. The molecular weight excluding hydrogens is 292 g/mol. The van der Waals surface area contributed by atoms with Crippen molar-refractivity contribution in [3.8, 4) is 0 Å². The fourth-order valence-electron chi connectivity index (χ4n) is 3.61. The molecule has 1 saturated heterocycles. The third-order valence-electron chi connectivity index (χ3n) is 5.21. The summed E-state index contributed by atoms with van der Waals surface area (Å²) >= 11 is 0. The molecule has 23 heavy (non-hydrogen) atoms. The molecule has 2 fully saturated rings. The molecule has 1 saturated carbocycles. The van der Waals surface area contributed by atoms with Crippen molar-refractivity contribution in [2.75, 3.05) is 19.8 Å². The fourth-order valence-corrected chi connectivity index (χ4v) is 3.61. The first-order valence-corrected chi connectivity index (χ1v) is 9.34. The lowest BCUT2D eigenvalue weighted by Gasteiger charge is -2.32. The summed E-state index contributed by atoms with van der Waals surface area (Å²) in [7, 11) is 0. The van der Waals surface area contributed by atoms with Crippen molar-refractivity contribution in [3.63, 3.8) is 0 Å². The zero-order valence-electron chi connectivity index (χ0n) is 14.8. The molecule has 1 aliphatic heterocycles. The Balaban J connectivity index is 1.84. The highest BCUT2D eigenvalue weighted by atomic mass is 16.5. The number of hydrogen-bond acceptors (Lipinski definition) is 4. The standard InChI is InChI=1S/C18H34N2O3/c1-14(2)16(20-15-7-11-23-12-8-15)17(21)19-13-18(22)9-5-3-4-6-10-18/h14-16,20,22H,3-13H2,1-2H3,(H,19,21)/t16-/m1/s1. The molecule has 0 unspecified atom stereocenters. The lowest BCUT2D eigenvalue weighted by Crippen LogP contribution is -2.54. The zero-order chi connectivity index (χ0) is 16.7. The minimum Gasteiger partial charge on any atom is -0.388 e. The van der Waals surface area contributed by atoms with E-state index in [2.05, 4.69) is 24.5 Å². The maximum Gasteiger partial charge on any atom is 0.237 e. The van der Waals surface area contributed by atoms with Crippen LogP contribution in [-0.4, -0.2) is 48.5 Å². The number of aliphatic hydroxyl groups is 1. The molecule has 1 atom stereocenters. The highest BCUT2D eigenvalue weighted by Gasteiger charge is 2.31. The molecule has 2 rings (SSSR count). The van der Waals surface area contributed by atoms with Crippen molar-refractivity contribution in [1.29, 1.82) is 0 Å². The van der Waals surface area contributed by atoms with Gasteiger partial charge in [0.15, 0.2) is 0 Å². The minimum absolute atomic E-state index is 0.0177. The number of ether oxygens (including phenoxy) is 1. The molecule has 0 aromatic carbocycles. The summed E-state index contributed by atoms with van der Waals surface area (Å²) in [6.45, 7) is 6.05. The summed E-state index contributed by atoms with van der Waals surface area (Å²) < 4.78 is 5.38. The van der Waals surface area contributed by atoms with Crippen LogP contribution in [-0.2, 0) is 9.53 Å². The van der Waals surface area contributed by atoms with E-state index < -0.39 is 5.60 Å². The van der Waals surface area contributed by atoms with Crippen LogP contribution in [0.3, 0.4) is 0 Å². The number of hydrogen-bond donors (Lipinski definition) is 3. The van der Waals surface area contributed by atoms with Gasteiger partial charge in [0.05, 0.1) is 11.6 Å². The monoisotopic (exact) mass is 326 g/mol. The average Bonchev–Trinajstić information content (AvgIpc) is 2.76. The molecular formula is C18H34N2O3. The van der Waals surface area contributed by atoms with Gasteiger partial charge in [-0.2, -0.15) is 0 Å². The van der Waals surface area contributed by atoms with E-state index in [-0.39, 0.29) is 17.9 Å². The topological polar surface area (TPSA) is 70.6 Å². The Morgan fingerprint density at radius 1 is 1.17 bits per heavy atom. The van der Waals surface area contributed by atoms with E-state index >= 15 is 0 Å². The maximum atomic E-state index is 12.6. The van der Waals surface area contributed by atoms with Gasteiger partial charge in [-0.15, -0.1) is 0 Å². The van der Waals surface area contributed by atoms with Crippen LogP contribution < -0.4 is 10.6 Å². The summed E-state index contributed by atoms with van der Waals surface area (Å²) in [5.41, 5.74) is -0.716. The molecule has 0 radical (unpaired) electrons. The first-order valence-electron chi connectivity index (χ1n) is 9.34. The second kappa shape index (κ2) is 9.00. The van der Waals surface area contributed by atoms with Gasteiger partial charge in [0.1, 0.15) is 0 Å². The largest absolute Gasteiger partial charge is 0.388 e. The summed E-state index contributed by atoms with van der Waals surface area (Å²) in [4.78, 5) is 12.6. The van der Waals surface area contributed by atoms with Crippen LogP contribution in [0.15, 0.2) is 0 Å². The lowest BCUT2D eigenvalue weighted by molar-refractivity contribution is -0.126. The molecule has 2 aliphatic rings. The Kier molecular flexibility index (Phi) is 7.31. The number of rotatable bonds is 6. The van der Waals surface area contributed by atoms with Crippen LogP contribution in [0.5, 0.6) is 0 Å². The average molecular weight is 326 g/mol. The predicted octanol–water partition coefficient (Wildman–Crippen LogP) is 1.98. The van der Waals surface area contributed by atoms with Gasteiger partial charge in [0.2, 0.25) is 5.91 Å². The number of carbonyl (C=O) groups excluding carboxylic acids is 1. The summed E-state index contributed by atoms with van der Waals surface area (Å²) in [5, 5.41) is 17.2. The van der Waals surface area contributed by atoms with E-state index in [0.29, 0.717) is 12.6 Å². The predicted molar refractivity (Wildman–Crippen MR) is 91.3 cm³/mol. The number of nitrogens with one attached hydrogen (secondary N) is 2. The Morgan fingerprint density at radius 3 is 2.35 bits per heavy atom. The van der Waals surface area contributed by atoms with Gasteiger partial charge in [0, 0.05) is 25.8 Å². The van der Waals surface area contributed by atoms with Gasteiger partial charge in [-0.3, -0.25) is 4.79 Å². The van der Waals surface area contributed by atoms with Crippen LogP contribution >= 0.6 is 0 Å². The molecule has 1 amide bonds. The number of amides is 1. The highest BCUT2D eigenvalue weighted by molar-refractivity contribution is 5.82.